The molecular formula is C19H11ClN2O4S3. The summed E-state index contributed by atoms with van der Waals surface area (Å²) in [5.41, 5.74) is 0.488. The van der Waals surface area contributed by atoms with Crippen LogP contribution in [0.1, 0.15) is 9.67 Å². The Hall–Kier alpha value is -2.46. The van der Waals surface area contributed by atoms with Gasteiger partial charge in [0.25, 0.3) is 5.91 Å². The van der Waals surface area contributed by atoms with Crippen LogP contribution < -0.4 is 9.64 Å². The second-order valence-corrected chi connectivity index (χ2v) is 8.75. The molecular weight excluding hydrogens is 452 g/mol. The van der Waals surface area contributed by atoms with Gasteiger partial charge in [-0.15, -0.1) is 11.3 Å². The molecule has 6 nitrogen and oxygen atoms in total. The Kier molecular flexibility index (Phi) is 5.55. The second-order valence-electron chi connectivity index (χ2n) is 5.70. The molecule has 2 heterocycles. The van der Waals surface area contributed by atoms with Gasteiger partial charge in [-0.25, -0.2) is 4.79 Å². The summed E-state index contributed by atoms with van der Waals surface area (Å²) < 4.78 is 6.40. The number of ether oxygens (including phenoxy) is 1. The lowest BCUT2D eigenvalue weighted by molar-refractivity contribution is -0.111. The third-order valence-corrected chi connectivity index (χ3v) is 6.90. The summed E-state index contributed by atoms with van der Waals surface area (Å²) in [4.78, 5) is 31.7. The number of thioether (sulfide) groups is 1. The highest BCUT2D eigenvalue weighted by Crippen LogP contribution is 2.37. The average Bonchev–Trinajstić information content (AvgIpc) is 3.22. The van der Waals surface area contributed by atoms with Crippen molar-refractivity contribution < 1.29 is 19.2 Å². The Bertz CT molecular complexity index is 1190. The zero-order valence-electron chi connectivity index (χ0n) is 14.7. The quantitative estimate of drug-likeness (QED) is 0.305. The molecule has 1 saturated heterocycles. The van der Waals surface area contributed by atoms with Gasteiger partial charge in [-0.3, -0.25) is 9.69 Å². The maximum atomic E-state index is 12.8. The molecule has 0 saturated carbocycles. The van der Waals surface area contributed by atoms with Crippen molar-refractivity contribution in [3.05, 3.63) is 58.4 Å². The molecule has 0 radical (unpaired) electrons. The maximum absolute atomic E-state index is 12.8. The Morgan fingerprint density at radius 1 is 1.17 bits per heavy atom. The lowest BCUT2D eigenvalue weighted by atomic mass is 10.2. The van der Waals surface area contributed by atoms with Gasteiger partial charge in [0.1, 0.15) is 10.6 Å². The van der Waals surface area contributed by atoms with Gasteiger partial charge in [0.15, 0.2) is 4.32 Å². The van der Waals surface area contributed by atoms with Gasteiger partial charge < -0.3 is 9.57 Å². The summed E-state index contributed by atoms with van der Waals surface area (Å²) >= 11 is 13.7. The van der Waals surface area contributed by atoms with Crippen molar-refractivity contribution in [3.8, 4) is 5.75 Å². The number of amides is 1. The number of anilines is 1. The maximum Gasteiger partial charge on any atom is 0.377 e. The Labute approximate surface area is 184 Å². The van der Waals surface area contributed by atoms with Crippen LogP contribution in [0.25, 0.3) is 10.1 Å². The first kappa shape index (κ1) is 19.8. The van der Waals surface area contributed by atoms with E-state index in [0.717, 1.165) is 21.8 Å². The molecule has 1 aliphatic rings. The highest BCUT2D eigenvalue weighted by molar-refractivity contribution is 8.35. The predicted molar refractivity (Wildman–Crippen MR) is 120 cm³/mol. The zero-order valence-corrected chi connectivity index (χ0v) is 18.0. The van der Waals surface area contributed by atoms with Gasteiger partial charge in [0, 0.05) is 10.1 Å². The summed E-state index contributed by atoms with van der Waals surface area (Å²) in [6, 6.07) is 14.3. The molecule has 146 valence electrons. The van der Waals surface area contributed by atoms with Gasteiger partial charge in [0.05, 0.1) is 17.8 Å². The predicted octanol–water partition coefficient (Wildman–Crippen LogP) is 5.10. The van der Waals surface area contributed by atoms with Crippen LogP contribution in [0.4, 0.5) is 5.69 Å². The van der Waals surface area contributed by atoms with Crippen LogP contribution in [-0.2, 0) is 9.63 Å². The monoisotopic (exact) mass is 462 g/mol. The largest absolute Gasteiger partial charge is 0.495 e. The molecule has 29 heavy (non-hydrogen) atoms. The Morgan fingerprint density at radius 3 is 2.66 bits per heavy atom. The average molecular weight is 463 g/mol. The van der Waals surface area contributed by atoms with E-state index in [2.05, 4.69) is 5.16 Å². The van der Waals surface area contributed by atoms with E-state index in [1.54, 1.807) is 24.3 Å². The number of carbonyl (C=O) groups is 2. The highest BCUT2D eigenvalue weighted by atomic mass is 35.5. The fraction of sp³-hybridized carbons (Fsp3) is 0.0526. The molecule has 0 unspecified atom stereocenters. The third kappa shape index (κ3) is 3.62. The molecule has 0 atom stereocenters. The van der Waals surface area contributed by atoms with E-state index in [1.807, 2.05) is 24.3 Å². The number of hydrogen-bond acceptors (Lipinski definition) is 8. The van der Waals surface area contributed by atoms with Crippen molar-refractivity contribution in [2.75, 3.05) is 12.0 Å². The van der Waals surface area contributed by atoms with Crippen LogP contribution in [0, 0.1) is 0 Å². The fourth-order valence-electron chi connectivity index (χ4n) is 2.70. The molecule has 4 rings (SSSR count). The minimum absolute atomic E-state index is 0.0495. The third-order valence-electron chi connectivity index (χ3n) is 4.01. The second kappa shape index (κ2) is 8.11. The first-order valence-electron chi connectivity index (χ1n) is 8.17. The smallest absolute Gasteiger partial charge is 0.377 e. The number of thiocarbonyl (C=S) groups is 1. The summed E-state index contributed by atoms with van der Waals surface area (Å²) in [5.74, 6) is -0.752. The number of carbonyl (C=O) groups excluding carboxylic acids is 2. The zero-order chi connectivity index (χ0) is 20.5. The minimum Gasteiger partial charge on any atom is -0.495 e. The number of benzene rings is 2. The van der Waals surface area contributed by atoms with Crippen molar-refractivity contribution in [1.29, 1.82) is 0 Å². The summed E-state index contributed by atoms with van der Waals surface area (Å²) in [6.07, 6.45) is 0. The summed E-state index contributed by atoms with van der Waals surface area (Å²) in [6.45, 7) is 0. The molecule has 1 aromatic heterocycles. The van der Waals surface area contributed by atoms with Crippen LogP contribution in [0.3, 0.4) is 0 Å². The minimum atomic E-state index is -0.737. The van der Waals surface area contributed by atoms with E-state index in [-0.39, 0.29) is 14.2 Å². The fourth-order valence-corrected chi connectivity index (χ4v) is 5.19. The first-order chi connectivity index (χ1) is 14.0. The number of halogens is 1. The number of rotatable bonds is 4. The molecule has 0 bridgehead atoms. The SMILES string of the molecule is COc1ccccc1N1C(=O)/C(=N\OC(=O)c2sc3ccccc3c2Cl)SC1=S. The normalized spacial score (nSPS) is 15.4. The van der Waals surface area contributed by atoms with Crippen LogP contribution in [0.5, 0.6) is 5.75 Å². The highest BCUT2D eigenvalue weighted by Gasteiger charge is 2.37. The molecule has 1 fully saturated rings. The number of nitrogens with zero attached hydrogens (tertiary/aromatic N) is 2. The van der Waals surface area contributed by atoms with Gasteiger partial charge in [-0.2, -0.15) is 0 Å². The van der Waals surface area contributed by atoms with Crippen LogP contribution in [0.15, 0.2) is 53.7 Å². The molecule has 1 amide bonds. The number of methoxy groups -OCH3 is 1. The van der Waals surface area contributed by atoms with E-state index >= 15 is 0 Å². The molecule has 0 aliphatic carbocycles. The van der Waals surface area contributed by atoms with Crippen molar-refractivity contribution in [2.45, 2.75) is 0 Å². The lowest BCUT2D eigenvalue weighted by Gasteiger charge is -2.17. The molecule has 0 spiro atoms. The topological polar surface area (TPSA) is 68.2 Å². The van der Waals surface area contributed by atoms with Crippen molar-refractivity contribution in [1.82, 2.24) is 0 Å². The van der Waals surface area contributed by atoms with Crippen molar-refractivity contribution in [2.24, 2.45) is 5.16 Å². The summed E-state index contributed by atoms with van der Waals surface area (Å²) in [7, 11) is 1.50. The van der Waals surface area contributed by atoms with E-state index in [9.17, 15) is 9.59 Å². The van der Waals surface area contributed by atoms with Crippen molar-refractivity contribution in [3.63, 3.8) is 0 Å². The van der Waals surface area contributed by atoms with E-state index in [1.165, 1.54) is 23.3 Å². The number of oxime groups is 1. The molecule has 0 N–H and O–H groups in total. The van der Waals surface area contributed by atoms with E-state index < -0.39 is 11.9 Å². The standard InChI is InChI=1S/C19H11ClN2O4S3/c1-25-12-8-4-3-7-11(12)22-17(23)16(29-19(22)27)21-26-18(24)15-14(20)10-6-2-5-9-13(10)28-15/h2-9H,1H3/b21-16+. The van der Waals surface area contributed by atoms with Gasteiger partial charge in [0.2, 0.25) is 5.04 Å². The Balaban J connectivity index is 1.57. The van der Waals surface area contributed by atoms with Crippen molar-refractivity contribution >= 4 is 83.9 Å². The molecule has 3 aromatic rings. The Morgan fingerprint density at radius 2 is 1.90 bits per heavy atom. The van der Waals surface area contributed by atoms with Gasteiger partial charge in [-0.1, -0.05) is 59.3 Å². The van der Waals surface area contributed by atoms with Crippen LogP contribution >= 0.6 is 46.9 Å². The number of thiophene rings is 1. The molecule has 2 aromatic carbocycles. The number of para-hydroxylation sites is 2. The summed E-state index contributed by atoms with van der Waals surface area (Å²) in [5, 5.41) is 4.74. The first-order valence-corrected chi connectivity index (χ1v) is 10.6. The van der Waals surface area contributed by atoms with Gasteiger partial charge >= 0.3 is 5.97 Å². The van der Waals surface area contributed by atoms with Crippen LogP contribution in [-0.4, -0.2) is 28.4 Å². The molecule has 1 aliphatic heterocycles. The van der Waals surface area contributed by atoms with Crippen LogP contribution in [0.2, 0.25) is 5.02 Å². The number of hydrogen-bond donors (Lipinski definition) is 0. The number of fused-ring (bicyclic) bond motifs is 1. The lowest BCUT2D eigenvalue weighted by Crippen LogP contribution is -2.30. The van der Waals surface area contributed by atoms with Gasteiger partial charge in [-0.05, 0) is 30.0 Å². The molecule has 10 heteroatoms. The van der Waals surface area contributed by atoms with E-state index in [0.29, 0.717) is 16.5 Å². The van der Waals surface area contributed by atoms with E-state index in [4.69, 9.17) is 33.4 Å².